The fourth-order valence-corrected chi connectivity index (χ4v) is 8.76. The summed E-state index contributed by atoms with van der Waals surface area (Å²) in [5.41, 5.74) is 7.63. The number of aryl methyl sites for hydroxylation is 1. The second-order valence-electron chi connectivity index (χ2n) is 15.0. The van der Waals surface area contributed by atoms with Gasteiger partial charge in [0, 0.05) is 42.5 Å². The quantitative estimate of drug-likeness (QED) is 0.284. The maximum absolute atomic E-state index is 16.2. The van der Waals surface area contributed by atoms with Gasteiger partial charge in [-0.05, 0) is 81.7 Å². The lowest BCUT2D eigenvalue weighted by Gasteiger charge is -2.37. The molecule has 3 N–H and O–H groups in total. The predicted molar refractivity (Wildman–Crippen MR) is 174 cm³/mol. The van der Waals surface area contributed by atoms with Crippen molar-refractivity contribution in [2.45, 2.75) is 107 Å². The molecule has 12 heteroatoms. The number of halogens is 3. The van der Waals surface area contributed by atoms with Crippen molar-refractivity contribution in [3.8, 4) is 11.5 Å². The molecule has 4 aromatic rings. The Balaban J connectivity index is 1.14. The number of carbonyl (C=O) groups is 2. The largest absolute Gasteiger partial charge is 0.348 e. The van der Waals surface area contributed by atoms with E-state index >= 15 is 8.78 Å². The van der Waals surface area contributed by atoms with E-state index in [1.165, 1.54) is 6.07 Å². The molecular formula is C36H40F3N7O2. The molecule has 3 saturated carbocycles. The van der Waals surface area contributed by atoms with Crippen LogP contribution in [0.1, 0.15) is 92.8 Å². The van der Waals surface area contributed by atoms with E-state index in [4.69, 9.17) is 15.7 Å². The number of fused-ring (bicyclic) bond motifs is 5. The number of benzene rings is 1. The highest BCUT2D eigenvalue weighted by Crippen LogP contribution is 2.51. The summed E-state index contributed by atoms with van der Waals surface area (Å²) >= 11 is 0. The van der Waals surface area contributed by atoms with E-state index in [-0.39, 0.29) is 47.8 Å². The lowest BCUT2D eigenvalue weighted by atomic mass is 9.94. The van der Waals surface area contributed by atoms with Crippen LogP contribution in [0.15, 0.2) is 30.3 Å². The van der Waals surface area contributed by atoms with E-state index in [0.29, 0.717) is 60.2 Å². The molecule has 1 aromatic carbocycles. The van der Waals surface area contributed by atoms with Gasteiger partial charge in [0.15, 0.2) is 5.82 Å². The summed E-state index contributed by atoms with van der Waals surface area (Å²) < 4.78 is 50.0. The third-order valence-corrected chi connectivity index (χ3v) is 11.8. The minimum atomic E-state index is -1.45. The monoisotopic (exact) mass is 659 g/mol. The van der Waals surface area contributed by atoms with Crippen LogP contribution in [-0.2, 0) is 11.3 Å². The van der Waals surface area contributed by atoms with Crippen LogP contribution in [0.2, 0.25) is 0 Å². The Hall–Kier alpha value is -3.93. The topological polar surface area (TPSA) is 111 Å². The highest BCUT2D eigenvalue weighted by Gasteiger charge is 2.59. The molecule has 48 heavy (non-hydrogen) atoms. The predicted octanol–water partition coefficient (Wildman–Crippen LogP) is 5.91. The van der Waals surface area contributed by atoms with Gasteiger partial charge in [0.25, 0.3) is 5.91 Å². The summed E-state index contributed by atoms with van der Waals surface area (Å²) in [5.74, 6) is -0.918. The van der Waals surface area contributed by atoms with Crippen molar-refractivity contribution >= 4 is 33.9 Å². The third-order valence-electron chi connectivity index (χ3n) is 11.8. The van der Waals surface area contributed by atoms with Crippen molar-refractivity contribution in [3.05, 3.63) is 47.4 Å². The Bertz CT molecular complexity index is 1990. The van der Waals surface area contributed by atoms with Gasteiger partial charge in [-0.15, -0.1) is 0 Å². The zero-order valence-electron chi connectivity index (χ0n) is 27.0. The first-order chi connectivity index (χ1) is 23.1. The highest BCUT2D eigenvalue weighted by atomic mass is 19.1. The smallest absolute Gasteiger partial charge is 0.254 e. The van der Waals surface area contributed by atoms with Gasteiger partial charge in [0.2, 0.25) is 5.91 Å². The molecule has 2 amide bonds. The summed E-state index contributed by atoms with van der Waals surface area (Å²) in [6.07, 6.45) is 4.61. The van der Waals surface area contributed by atoms with E-state index in [1.54, 1.807) is 15.5 Å². The molecule has 4 bridgehead atoms. The Kier molecular flexibility index (Phi) is 6.78. The number of nitrogens with zero attached hydrogens (tertiary/aromatic N) is 5. The van der Waals surface area contributed by atoms with Gasteiger partial charge in [-0.3, -0.25) is 9.59 Å². The van der Waals surface area contributed by atoms with Crippen molar-refractivity contribution in [3.63, 3.8) is 0 Å². The Morgan fingerprint density at radius 1 is 1.10 bits per heavy atom. The number of alkyl halides is 2. The normalized spacial score (nSPS) is 33.1. The van der Waals surface area contributed by atoms with Gasteiger partial charge >= 0.3 is 0 Å². The number of carbonyl (C=O) groups excluding carboxylic acids is 2. The van der Waals surface area contributed by atoms with Crippen LogP contribution in [0.5, 0.6) is 0 Å². The minimum Gasteiger partial charge on any atom is -0.348 e. The van der Waals surface area contributed by atoms with Crippen LogP contribution in [0.25, 0.3) is 33.6 Å². The first-order valence-electron chi connectivity index (χ1n) is 17.5. The van der Waals surface area contributed by atoms with Gasteiger partial charge in [0.1, 0.15) is 28.8 Å². The summed E-state index contributed by atoms with van der Waals surface area (Å²) in [6, 6.07) is 7.62. The summed E-state index contributed by atoms with van der Waals surface area (Å²) in [6.45, 7) is 2.84. The number of likely N-dealkylation sites (tertiary alicyclic amines) is 1. The maximum Gasteiger partial charge on any atom is 0.254 e. The van der Waals surface area contributed by atoms with Gasteiger partial charge in [0.05, 0.1) is 34.9 Å². The third kappa shape index (κ3) is 4.76. The fourth-order valence-electron chi connectivity index (χ4n) is 8.76. The molecular weight excluding hydrogens is 619 g/mol. The molecule has 2 aliphatic heterocycles. The average Bonchev–Trinajstić information content (AvgIpc) is 3.73. The number of nitrogens with one attached hydrogen (secondary N) is 1. The summed E-state index contributed by atoms with van der Waals surface area (Å²) in [7, 11) is 0. The van der Waals surface area contributed by atoms with Crippen LogP contribution in [-0.4, -0.2) is 66.3 Å². The number of hydrogen-bond acceptors (Lipinski definition) is 5. The molecule has 4 fully saturated rings. The molecule has 3 aliphatic carbocycles. The molecule has 9 rings (SSSR count). The standard InChI is InChI=1S/C36H40F3N7O2/c1-18-27-8-6-20-14-30(44(32(20)42-27)10-4-2-3-9-36(39)16-23(36)34(47)41-18)33-43-28-13-21(12-25(38)31(28)46(33)29-15-24(29)37)35(48)45-17-26(40)19-5-7-22(45)11-19/h6,8,12-14,18-19,22-24,26,29H,2-5,7,9-11,15-17,40H2,1H3,(H,41,47)/t18-,19-,22+,23+,24-,26+,29-,36+/m1/s1. The molecule has 1 saturated heterocycles. The van der Waals surface area contributed by atoms with Crippen LogP contribution in [0.3, 0.4) is 0 Å². The van der Waals surface area contributed by atoms with Crippen LogP contribution in [0, 0.1) is 17.7 Å². The van der Waals surface area contributed by atoms with Crippen molar-refractivity contribution in [1.29, 1.82) is 0 Å². The second-order valence-corrected chi connectivity index (χ2v) is 15.0. The molecule has 252 valence electrons. The number of pyridine rings is 1. The SMILES string of the molecule is C[C@H]1NC(=O)[C@@H]2C[C@@]2(F)CCCCCn2c(-c3nc4cc(C(=O)N5C[C@H](N)[C@@H]6CC[C@H]5C6)cc(F)c4n3[C@@H]3C[C@H]3F)cc3ccc1nc32. The number of amides is 2. The van der Waals surface area contributed by atoms with Crippen LogP contribution in [0.4, 0.5) is 13.2 Å². The number of nitrogens with two attached hydrogens (primary N) is 1. The first kappa shape index (κ1) is 30.2. The van der Waals surface area contributed by atoms with Gasteiger partial charge in [-0.25, -0.2) is 23.1 Å². The van der Waals surface area contributed by atoms with Crippen molar-refractivity contribution in [2.24, 2.45) is 17.6 Å². The maximum atomic E-state index is 16.2. The average molecular weight is 660 g/mol. The van der Waals surface area contributed by atoms with Gasteiger partial charge in [-0.1, -0.05) is 12.8 Å². The van der Waals surface area contributed by atoms with E-state index in [1.807, 2.05) is 29.7 Å². The zero-order valence-corrected chi connectivity index (χ0v) is 27.0. The molecule has 5 heterocycles. The first-order valence-corrected chi connectivity index (χ1v) is 17.5. The van der Waals surface area contributed by atoms with E-state index in [2.05, 4.69) is 5.32 Å². The second kappa shape index (κ2) is 10.8. The lowest BCUT2D eigenvalue weighted by Crippen LogP contribution is -2.51. The molecule has 9 nitrogen and oxygen atoms in total. The Morgan fingerprint density at radius 2 is 1.94 bits per heavy atom. The molecule has 0 unspecified atom stereocenters. The number of rotatable bonds is 3. The van der Waals surface area contributed by atoms with E-state index < -0.39 is 35.7 Å². The fraction of sp³-hybridized carbons (Fsp3) is 0.556. The van der Waals surface area contributed by atoms with E-state index in [0.717, 1.165) is 37.5 Å². The number of piperidine rings is 1. The Morgan fingerprint density at radius 3 is 2.75 bits per heavy atom. The van der Waals surface area contributed by atoms with Crippen molar-refractivity contribution < 1.29 is 22.8 Å². The molecule has 8 atom stereocenters. The zero-order chi connectivity index (χ0) is 33.1. The molecule has 3 aromatic heterocycles. The number of hydrogen-bond donors (Lipinski definition) is 2. The molecule has 0 radical (unpaired) electrons. The summed E-state index contributed by atoms with van der Waals surface area (Å²) in [5, 5.41) is 3.79. The van der Waals surface area contributed by atoms with Crippen LogP contribution < -0.4 is 11.1 Å². The molecule has 0 spiro atoms. The Labute approximate surface area is 276 Å². The number of aromatic nitrogens is 4. The summed E-state index contributed by atoms with van der Waals surface area (Å²) in [4.78, 5) is 38.3. The number of imidazole rings is 1. The van der Waals surface area contributed by atoms with Gasteiger partial charge in [-0.2, -0.15) is 0 Å². The van der Waals surface area contributed by atoms with Crippen molar-refractivity contribution in [2.75, 3.05) is 6.54 Å². The van der Waals surface area contributed by atoms with Crippen LogP contribution >= 0.6 is 0 Å². The van der Waals surface area contributed by atoms with E-state index in [9.17, 15) is 14.0 Å². The lowest BCUT2D eigenvalue weighted by molar-refractivity contribution is -0.124. The molecule has 5 aliphatic rings. The van der Waals surface area contributed by atoms with Gasteiger partial charge < -0.3 is 25.1 Å². The highest BCUT2D eigenvalue weighted by molar-refractivity contribution is 5.98. The minimum absolute atomic E-state index is 0.0923. The van der Waals surface area contributed by atoms with Crippen molar-refractivity contribution in [1.82, 2.24) is 29.3 Å².